The normalized spacial score (nSPS) is 16.6. The highest BCUT2D eigenvalue weighted by Crippen LogP contribution is 2.32. The predicted octanol–water partition coefficient (Wildman–Crippen LogP) is 0.646. The van der Waals surface area contributed by atoms with Crippen LogP contribution in [0.25, 0.3) is 0 Å². The third-order valence-electron chi connectivity index (χ3n) is 3.09. The molecule has 0 aromatic heterocycles. The number of amides is 1. The van der Waals surface area contributed by atoms with Gasteiger partial charge in [-0.1, -0.05) is 12.1 Å². The van der Waals surface area contributed by atoms with Crippen LogP contribution < -0.4 is 11.1 Å². The highest BCUT2D eigenvalue weighted by atomic mass is 16.3. The number of benzene rings is 1. The van der Waals surface area contributed by atoms with E-state index in [1.54, 1.807) is 12.1 Å². The average molecular weight is 234 g/mol. The van der Waals surface area contributed by atoms with Crippen molar-refractivity contribution >= 4 is 5.91 Å². The van der Waals surface area contributed by atoms with E-state index in [1.807, 2.05) is 12.1 Å². The summed E-state index contributed by atoms with van der Waals surface area (Å²) in [6.07, 6.45) is 1.74. The van der Waals surface area contributed by atoms with E-state index in [2.05, 4.69) is 5.32 Å². The van der Waals surface area contributed by atoms with E-state index in [0.717, 1.165) is 18.4 Å². The Bertz CT molecular complexity index is 385. The summed E-state index contributed by atoms with van der Waals surface area (Å²) < 4.78 is 0. The number of carbonyl (C=O) groups is 1. The van der Waals surface area contributed by atoms with Crippen molar-refractivity contribution in [1.82, 2.24) is 5.32 Å². The molecule has 1 aromatic carbocycles. The van der Waals surface area contributed by atoms with Crippen LogP contribution in [0.3, 0.4) is 0 Å². The minimum atomic E-state index is -0.401. The summed E-state index contributed by atoms with van der Waals surface area (Å²) in [6.45, 7) is 0.810. The van der Waals surface area contributed by atoms with Crippen LogP contribution >= 0.6 is 0 Å². The van der Waals surface area contributed by atoms with Gasteiger partial charge in [0.05, 0.1) is 6.10 Å². The number of hydrogen-bond donors (Lipinski definition) is 3. The molecular weight excluding hydrogens is 216 g/mol. The van der Waals surface area contributed by atoms with E-state index in [0.29, 0.717) is 24.6 Å². The fourth-order valence-electron chi connectivity index (χ4n) is 1.74. The van der Waals surface area contributed by atoms with Crippen molar-refractivity contribution in [2.45, 2.75) is 25.5 Å². The number of aliphatic hydroxyl groups is 1. The van der Waals surface area contributed by atoms with Gasteiger partial charge in [0.2, 0.25) is 0 Å². The molecule has 0 aliphatic heterocycles. The van der Waals surface area contributed by atoms with E-state index in [1.165, 1.54) is 0 Å². The zero-order valence-electron chi connectivity index (χ0n) is 9.73. The zero-order valence-corrected chi connectivity index (χ0v) is 9.73. The van der Waals surface area contributed by atoms with Gasteiger partial charge in [-0.2, -0.15) is 0 Å². The third kappa shape index (κ3) is 3.28. The molecule has 1 atom stereocenters. The number of hydrogen-bond acceptors (Lipinski definition) is 3. The van der Waals surface area contributed by atoms with Gasteiger partial charge in [-0.25, -0.2) is 0 Å². The Balaban J connectivity index is 1.85. The average Bonchev–Trinajstić information content (AvgIpc) is 3.20. The van der Waals surface area contributed by atoms with Crippen LogP contribution in [0.15, 0.2) is 24.3 Å². The number of carbonyl (C=O) groups excluding carboxylic acids is 1. The molecule has 92 valence electrons. The van der Waals surface area contributed by atoms with Gasteiger partial charge >= 0.3 is 0 Å². The van der Waals surface area contributed by atoms with Crippen LogP contribution in [0.2, 0.25) is 0 Å². The summed E-state index contributed by atoms with van der Waals surface area (Å²) in [7, 11) is 0. The lowest BCUT2D eigenvalue weighted by atomic mass is 10.1. The Hall–Kier alpha value is -1.39. The number of rotatable bonds is 5. The number of aliphatic hydroxyl groups excluding tert-OH is 1. The molecule has 0 bridgehead atoms. The fourth-order valence-corrected chi connectivity index (χ4v) is 1.74. The highest BCUT2D eigenvalue weighted by molar-refractivity contribution is 5.94. The van der Waals surface area contributed by atoms with Crippen LogP contribution in [0.4, 0.5) is 0 Å². The van der Waals surface area contributed by atoms with Gasteiger partial charge in [-0.05, 0) is 36.5 Å². The maximum absolute atomic E-state index is 11.7. The summed E-state index contributed by atoms with van der Waals surface area (Å²) in [4.78, 5) is 11.7. The quantitative estimate of drug-likeness (QED) is 0.700. The second-order valence-corrected chi connectivity index (χ2v) is 4.52. The standard InChI is InChI=1S/C13H18N2O2/c14-7-9-1-3-11(4-2-9)13(17)15-8-12(16)10-5-6-10/h1-4,10,12,16H,5-8,14H2,(H,15,17). The van der Waals surface area contributed by atoms with Crippen LogP contribution in [-0.2, 0) is 6.54 Å². The summed E-state index contributed by atoms with van der Waals surface area (Å²) >= 11 is 0. The van der Waals surface area contributed by atoms with E-state index >= 15 is 0 Å². The van der Waals surface area contributed by atoms with Gasteiger partial charge in [0.1, 0.15) is 0 Å². The monoisotopic (exact) mass is 234 g/mol. The topological polar surface area (TPSA) is 75.4 Å². The molecule has 0 radical (unpaired) electrons. The molecule has 1 aromatic rings. The second kappa shape index (κ2) is 5.29. The van der Waals surface area contributed by atoms with Gasteiger partial charge in [-0.3, -0.25) is 4.79 Å². The first-order chi connectivity index (χ1) is 8.20. The van der Waals surface area contributed by atoms with Gasteiger partial charge in [0.15, 0.2) is 0 Å². The number of nitrogens with one attached hydrogen (secondary N) is 1. The SMILES string of the molecule is NCc1ccc(C(=O)NCC(O)C2CC2)cc1. The Morgan fingerprint density at radius 3 is 2.59 bits per heavy atom. The molecule has 17 heavy (non-hydrogen) atoms. The molecule has 4 heteroatoms. The van der Waals surface area contributed by atoms with E-state index < -0.39 is 6.10 Å². The highest BCUT2D eigenvalue weighted by Gasteiger charge is 2.29. The van der Waals surface area contributed by atoms with Crippen LogP contribution in [-0.4, -0.2) is 23.7 Å². The van der Waals surface area contributed by atoms with E-state index in [-0.39, 0.29) is 5.91 Å². The molecule has 1 aliphatic carbocycles. The second-order valence-electron chi connectivity index (χ2n) is 4.52. The third-order valence-corrected chi connectivity index (χ3v) is 3.09. The van der Waals surface area contributed by atoms with Crippen LogP contribution in [0.5, 0.6) is 0 Å². The van der Waals surface area contributed by atoms with Crippen molar-refractivity contribution in [2.75, 3.05) is 6.54 Å². The molecule has 0 spiro atoms. The van der Waals surface area contributed by atoms with Crippen molar-refractivity contribution in [3.8, 4) is 0 Å². The lowest BCUT2D eigenvalue weighted by Gasteiger charge is -2.10. The Kier molecular flexibility index (Phi) is 3.76. The molecule has 4 nitrogen and oxygen atoms in total. The predicted molar refractivity (Wildman–Crippen MR) is 65.4 cm³/mol. The largest absolute Gasteiger partial charge is 0.391 e. The van der Waals surface area contributed by atoms with Gasteiger partial charge < -0.3 is 16.2 Å². The van der Waals surface area contributed by atoms with Crippen molar-refractivity contribution < 1.29 is 9.90 Å². The summed E-state index contributed by atoms with van der Waals surface area (Å²) in [6, 6.07) is 7.18. The maximum atomic E-state index is 11.7. The minimum absolute atomic E-state index is 0.145. The molecule has 1 fully saturated rings. The van der Waals surface area contributed by atoms with Gasteiger partial charge in [0, 0.05) is 18.7 Å². The van der Waals surface area contributed by atoms with Crippen molar-refractivity contribution in [2.24, 2.45) is 11.7 Å². The maximum Gasteiger partial charge on any atom is 0.251 e. The molecule has 0 saturated heterocycles. The summed E-state index contributed by atoms with van der Waals surface area (Å²) in [5.41, 5.74) is 7.08. The fraction of sp³-hybridized carbons (Fsp3) is 0.462. The zero-order chi connectivity index (χ0) is 12.3. The number of nitrogens with two attached hydrogens (primary N) is 1. The minimum Gasteiger partial charge on any atom is -0.391 e. The van der Waals surface area contributed by atoms with Gasteiger partial charge in [0.25, 0.3) is 5.91 Å². The first-order valence-electron chi connectivity index (χ1n) is 5.96. The lowest BCUT2D eigenvalue weighted by Crippen LogP contribution is -2.33. The summed E-state index contributed by atoms with van der Waals surface area (Å²) in [5.74, 6) is 0.239. The smallest absolute Gasteiger partial charge is 0.251 e. The van der Waals surface area contributed by atoms with Crippen molar-refractivity contribution in [3.63, 3.8) is 0 Å². The Morgan fingerprint density at radius 2 is 2.06 bits per heavy atom. The molecule has 4 N–H and O–H groups in total. The van der Waals surface area contributed by atoms with Crippen LogP contribution in [0, 0.1) is 5.92 Å². The van der Waals surface area contributed by atoms with E-state index in [4.69, 9.17) is 5.73 Å². The molecule has 1 unspecified atom stereocenters. The molecule has 1 saturated carbocycles. The molecule has 2 rings (SSSR count). The molecular formula is C13H18N2O2. The first kappa shape index (κ1) is 12.1. The summed E-state index contributed by atoms with van der Waals surface area (Å²) in [5, 5.41) is 12.4. The van der Waals surface area contributed by atoms with Gasteiger partial charge in [-0.15, -0.1) is 0 Å². The lowest BCUT2D eigenvalue weighted by molar-refractivity contribution is 0.0901. The molecule has 0 heterocycles. The molecule has 1 amide bonds. The Labute approximate surface area is 101 Å². The molecule has 1 aliphatic rings. The first-order valence-corrected chi connectivity index (χ1v) is 5.96. The van der Waals surface area contributed by atoms with Crippen LogP contribution in [0.1, 0.15) is 28.8 Å². The van der Waals surface area contributed by atoms with Crippen molar-refractivity contribution in [1.29, 1.82) is 0 Å². The van der Waals surface area contributed by atoms with Crippen molar-refractivity contribution in [3.05, 3.63) is 35.4 Å². The Morgan fingerprint density at radius 1 is 1.41 bits per heavy atom. The van der Waals surface area contributed by atoms with E-state index in [9.17, 15) is 9.90 Å².